The summed E-state index contributed by atoms with van der Waals surface area (Å²) in [6.45, 7) is 7.01. The molecule has 0 saturated carbocycles. The first-order valence-corrected chi connectivity index (χ1v) is 13.4. The summed E-state index contributed by atoms with van der Waals surface area (Å²) in [7, 11) is 3.04. The van der Waals surface area contributed by atoms with Gasteiger partial charge < -0.3 is 29.1 Å². The number of Topliss-reactive ketones (excluding diaryl/α,β-unsaturated/α-hetero) is 1. The van der Waals surface area contributed by atoms with Gasteiger partial charge in [-0.2, -0.15) is 0 Å². The largest absolute Gasteiger partial charge is 0.507 e. The molecule has 1 aliphatic rings. The lowest BCUT2D eigenvalue weighted by molar-refractivity contribution is -0.140. The van der Waals surface area contributed by atoms with Gasteiger partial charge in [-0.05, 0) is 49.0 Å². The highest BCUT2D eigenvalue weighted by atomic mass is 16.5. The second-order valence-electron chi connectivity index (χ2n) is 9.40. The molecule has 0 radical (unpaired) electrons. The molecule has 1 amide bonds. The topological polar surface area (TPSA) is 88.5 Å². The van der Waals surface area contributed by atoms with Gasteiger partial charge in [0.15, 0.2) is 11.5 Å². The second-order valence-corrected chi connectivity index (χ2v) is 9.40. The molecule has 1 aliphatic heterocycles. The molecule has 8 heteroatoms. The number of benzene rings is 3. The SMILES string of the molecule is CCN(CC)CCN1C(=O)C(=O)/C(=C(/O)c2ccc(OCc3ccccc3)cc2)C1c1cccc(OC)c1OC. The monoisotopic (exact) mass is 544 g/mol. The Morgan fingerprint density at radius 1 is 0.900 bits per heavy atom. The van der Waals surface area contributed by atoms with Crippen LogP contribution in [0, 0.1) is 0 Å². The molecule has 0 aromatic heterocycles. The highest BCUT2D eigenvalue weighted by Crippen LogP contribution is 2.45. The van der Waals surface area contributed by atoms with E-state index < -0.39 is 17.7 Å². The number of aliphatic hydroxyl groups excluding tert-OH is 1. The molecule has 1 N–H and O–H groups in total. The van der Waals surface area contributed by atoms with E-state index >= 15 is 0 Å². The Morgan fingerprint density at radius 3 is 2.23 bits per heavy atom. The van der Waals surface area contributed by atoms with Crippen LogP contribution in [0.4, 0.5) is 0 Å². The average Bonchev–Trinajstić information content (AvgIpc) is 3.25. The number of aliphatic hydroxyl groups is 1. The summed E-state index contributed by atoms with van der Waals surface area (Å²) in [6, 6.07) is 21.1. The highest BCUT2D eigenvalue weighted by molar-refractivity contribution is 6.46. The average molecular weight is 545 g/mol. The molecule has 4 rings (SSSR count). The summed E-state index contributed by atoms with van der Waals surface area (Å²) >= 11 is 0. The number of rotatable bonds is 12. The first-order chi connectivity index (χ1) is 19.4. The van der Waals surface area contributed by atoms with Crippen molar-refractivity contribution in [2.45, 2.75) is 26.5 Å². The number of methoxy groups -OCH3 is 2. The van der Waals surface area contributed by atoms with Gasteiger partial charge >= 0.3 is 0 Å². The van der Waals surface area contributed by atoms with Gasteiger partial charge in [0.05, 0.1) is 25.8 Å². The summed E-state index contributed by atoms with van der Waals surface area (Å²) in [5, 5.41) is 11.5. The van der Waals surface area contributed by atoms with Crippen molar-refractivity contribution in [2.75, 3.05) is 40.4 Å². The van der Waals surface area contributed by atoms with Crippen molar-refractivity contribution >= 4 is 17.4 Å². The number of para-hydroxylation sites is 1. The number of carbonyl (C=O) groups excluding carboxylic acids is 2. The Kier molecular flexibility index (Phi) is 9.45. The van der Waals surface area contributed by atoms with E-state index in [9.17, 15) is 14.7 Å². The van der Waals surface area contributed by atoms with Crippen LogP contribution in [-0.2, 0) is 16.2 Å². The van der Waals surface area contributed by atoms with E-state index in [2.05, 4.69) is 4.90 Å². The smallest absolute Gasteiger partial charge is 0.295 e. The van der Waals surface area contributed by atoms with Crippen molar-refractivity contribution in [2.24, 2.45) is 0 Å². The quantitative estimate of drug-likeness (QED) is 0.194. The van der Waals surface area contributed by atoms with Crippen molar-refractivity contribution in [3.05, 3.63) is 95.1 Å². The van der Waals surface area contributed by atoms with Crippen molar-refractivity contribution in [3.8, 4) is 17.2 Å². The molecular weight excluding hydrogens is 508 g/mol. The predicted octanol–water partition coefficient (Wildman–Crippen LogP) is 5.05. The van der Waals surface area contributed by atoms with Gasteiger partial charge in [0, 0.05) is 24.2 Å². The minimum absolute atomic E-state index is 0.00838. The summed E-state index contributed by atoms with van der Waals surface area (Å²) in [6.07, 6.45) is 0. The lowest BCUT2D eigenvalue weighted by atomic mass is 9.94. The number of ether oxygens (including phenoxy) is 3. The van der Waals surface area contributed by atoms with E-state index in [1.54, 1.807) is 42.5 Å². The van der Waals surface area contributed by atoms with Gasteiger partial charge in [-0.15, -0.1) is 0 Å². The third kappa shape index (κ3) is 5.97. The zero-order chi connectivity index (χ0) is 28.6. The van der Waals surface area contributed by atoms with Gasteiger partial charge in [0.1, 0.15) is 18.1 Å². The van der Waals surface area contributed by atoms with Crippen LogP contribution >= 0.6 is 0 Å². The van der Waals surface area contributed by atoms with E-state index in [1.165, 1.54) is 19.1 Å². The molecule has 3 aromatic rings. The second kappa shape index (κ2) is 13.2. The normalized spacial score (nSPS) is 16.4. The molecule has 1 heterocycles. The highest BCUT2D eigenvalue weighted by Gasteiger charge is 2.47. The van der Waals surface area contributed by atoms with E-state index in [4.69, 9.17) is 14.2 Å². The molecule has 1 atom stereocenters. The molecule has 3 aromatic carbocycles. The zero-order valence-corrected chi connectivity index (χ0v) is 23.4. The van der Waals surface area contributed by atoms with Gasteiger partial charge in [-0.25, -0.2) is 0 Å². The summed E-state index contributed by atoms with van der Waals surface area (Å²) in [5.41, 5.74) is 2.01. The van der Waals surface area contributed by atoms with Crippen LogP contribution in [0.2, 0.25) is 0 Å². The zero-order valence-electron chi connectivity index (χ0n) is 23.4. The number of carbonyl (C=O) groups is 2. The minimum Gasteiger partial charge on any atom is -0.507 e. The minimum atomic E-state index is -0.852. The van der Waals surface area contributed by atoms with Crippen LogP contribution < -0.4 is 14.2 Å². The fraction of sp³-hybridized carbons (Fsp3) is 0.312. The molecular formula is C32H36N2O6. The maximum absolute atomic E-state index is 13.5. The van der Waals surface area contributed by atoms with Crippen molar-refractivity contribution in [1.29, 1.82) is 0 Å². The number of hydrogen-bond donors (Lipinski definition) is 1. The van der Waals surface area contributed by atoms with Crippen LogP contribution in [0.5, 0.6) is 17.2 Å². The Bertz CT molecular complexity index is 1350. The lowest BCUT2D eigenvalue weighted by Crippen LogP contribution is -2.38. The van der Waals surface area contributed by atoms with Crippen LogP contribution in [0.3, 0.4) is 0 Å². The summed E-state index contributed by atoms with van der Waals surface area (Å²) in [5.74, 6) is -0.170. The Labute approximate surface area is 235 Å². The Hall–Kier alpha value is -4.30. The molecule has 0 bridgehead atoms. The molecule has 210 valence electrons. The predicted molar refractivity (Wildman–Crippen MR) is 154 cm³/mol. The maximum atomic E-state index is 13.5. The Balaban J connectivity index is 1.73. The van der Waals surface area contributed by atoms with E-state index in [-0.39, 0.29) is 11.3 Å². The standard InChI is InChI=1S/C32H36N2O6/c1-5-33(6-2)19-20-34-28(25-13-10-14-26(38-3)31(25)39-4)27(30(36)32(34)37)29(35)23-15-17-24(18-16-23)40-21-22-11-8-7-9-12-22/h7-18,28,35H,5-6,19-21H2,1-4H3/b29-27+. The summed E-state index contributed by atoms with van der Waals surface area (Å²) < 4.78 is 17.0. The molecule has 8 nitrogen and oxygen atoms in total. The first kappa shape index (κ1) is 28.7. The molecule has 1 fully saturated rings. The van der Waals surface area contributed by atoms with Gasteiger partial charge in [-0.1, -0.05) is 56.3 Å². The van der Waals surface area contributed by atoms with Crippen molar-refractivity contribution in [1.82, 2.24) is 9.80 Å². The molecule has 0 aliphatic carbocycles. The first-order valence-electron chi connectivity index (χ1n) is 13.4. The fourth-order valence-electron chi connectivity index (χ4n) is 4.96. The van der Waals surface area contributed by atoms with Crippen LogP contribution in [-0.4, -0.2) is 67.0 Å². The number of ketones is 1. The lowest BCUT2D eigenvalue weighted by Gasteiger charge is -2.29. The van der Waals surface area contributed by atoms with Crippen molar-refractivity contribution < 1.29 is 28.9 Å². The van der Waals surface area contributed by atoms with E-state index in [0.29, 0.717) is 48.1 Å². The summed E-state index contributed by atoms with van der Waals surface area (Å²) in [4.78, 5) is 30.5. The molecule has 40 heavy (non-hydrogen) atoms. The van der Waals surface area contributed by atoms with Crippen LogP contribution in [0.25, 0.3) is 5.76 Å². The van der Waals surface area contributed by atoms with E-state index in [1.807, 2.05) is 44.2 Å². The molecule has 1 unspecified atom stereocenters. The number of amides is 1. The number of likely N-dealkylation sites (tertiary alicyclic amines) is 1. The van der Waals surface area contributed by atoms with Gasteiger partial charge in [-0.3, -0.25) is 9.59 Å². The van der Waals surface area contributed by atoms with Crippen LogP contribution in [0.1, 0.15) is 36.6 Å². The maximum Gasteiger partial charge on any atom is 0.295 e. The van der Waals surface area contributed by atoms with E-state index in [0.717, 1.165) is 18.7 Å². The molecule has 1 saturated heterocycles. The number of hydrogen-bond acceptors (Lipinski definition) is 7. The molecule has 0 spiro atoms. The van der Waals surface area contributed by atoms with Gasteiger partial charge in [0.25, 0.3) is 11.7 Å². The third-order valence-corrected chi connectivity index (χ3v) is 7.20. The van der Waals surface area contributed by atoms with Gasteiger partial charge in [0.2, 0.25) is 0 Å². The number of likely N-dealkylation sites (N-methyl/N-ethyl adjacent to an activating group) is 1. The van der Waals surface area contributed by atoms with Crippen LogP contribution in [0.15, 0.2) is 78.4 Å². The number of nitrogens with zero attached hydrogens (tertiary/aromatic N) is 2. The fourth-order valence-corrected chi connectivity index (χ4v) is 4.96. The third-order valence-electron chi connectivity index (χ3n) is 7.20. The Morgan fingerprint density at radius 2 is 1.60 bits per heavy atom. The van der Waals surface area contributed by atoms with Crippen molar-refractivity contribution in [3.63, 3.8) is 0 Å².